The SMILES string of the molecule is COC[C@]1(O)CCN(C(=O)c2cnn(C)c2)CC1(C)C. The van der Waals surface area contributed by atoms with E-state index in [2.05, 4.69) is 5.10 Å². The number of hydrogen-bond acceptors (Lipinski definition) is 4. The molecule has 1 aliphatic rings. The molecule has 1 atom stereocenters. The first-order valence-electron chi connectivity index (χ1n) is 6.78. The molecule has 0 saturated carbocycles. The molecule has 1 aromatic heterocycles. The Morgan fingerprint density at radius 1 is 1.55 bits per heavy atom. The van der Waals surface area contributed by atoms with Gasteiger partial charge in [0, 0.05) is 38.9 Å². The lowest BCUT2D eigenvalue weighted by molar-refractivity contribution is -0.144. The van der Waals surface area contributed by atoms with Crippen LogP contribution in [0.1, 0.15) is 30.6 Å². The smallest absolute Gasteiger partial charge is 0.257 e. The fourth-order valence-electron chi connectivity index (χ4n) is 2.76. The molecule has 1 N–H and O–H groups in total. The lowest BCUT2D eigenvalue weighted by atomic mass is 9.70. The molecule has 0 aromatic carbocycles. The second-order valence-corrected chi connectivity index (χ2v) is 6.23. The first-order chi connectivity index (χ1) is 9.29. The van der Waals surface area contributed by atoms with Gasteiger partial charge in [-0.2, -0.15) is 5.10 Å². The number of aryl methyl sites for hydroxylation is 1. The van der Waals surface area contributed by atoms with Gasteiger partial charge in [-0.05, 0) is 6.42 Å². The molecule has 112 valence electrons. The molecule has 1 aliphatic heterocycles. The van der Waals surface area contributed by atoms with Crippen LogP contribution in [0.3, 0.4) is 0 Å². The number of aromatic nitrogens is 2. The van der Waals surface area contributed by atoms with Crippen molar-refractivity contribution in [3.05, 3.63) is 18.0 Å². The van der Waals surface area contributed by atoms with Gasteiger partial charge in [-0.15, -0.1) is 0 Å². The molecule has 2 heterocycles. The number of aliphatic hydroxyl groups is 1. The van der Waals surface area contributed by atoms with Crippen LogP contribution in [-0.2, 0) is 11.8 Å². The van der Waals surface area contributed by atoms with E-state index in [0.717, 1.165) is 0 Å². The zero-order valence-corrected chi connectivity index (χ0v) is 12.6. The summed E-state index contributed by atoms with van der Waals surface area (Å²) in [5.41, 5.74) is -0.729. The highest BCUT2D eigenvalue weighted by Gasteiger charge is 2.48. The molecule has 20 heavy (non-hydrogen) atoms. The van der Waals surface area contributed by atoms with Gasteiger partial charge in [-0.3, -0.25) is 9.48 Å². The Bertz CT molecular complexity index is 498. The third-order valence-corrected chi connectivity index (χ3v) is 4.26. The Morgan fingerprint density at radius 2 is 2.25 bits per heavy atom. The molecule has 6 heteroatoms. The van der Waals surface area contributed by atoms with E-state index in [1.165, 1.54) is 0 Å². The second kappa shape index (κ2) is 5.18. The van der Waals surface area contributed by atoms with Crippen molar-refractivity contribution in [3.63, 3.8) is 0 Å². The fourth-order valence-corrected chi connectivity index (χ4v) is 2.76. The van der Waals surface area contributed by atoms with E-state index >= 15 is 0 Å². The van der Waals surface area contributed by atoms with Crippen molar-refractivity contribution in [2.75, 3.05) is 26.8 Å². The number of rotatable bonds is 3. The second-order valence-electron chi connectivity index (χ2n) is 6.23. The number of carbonyl (C=O) groups is 1. The normalized spacial score (nSPS) is 25.8. The maximum atomic E-state index is 12.4. The standard InChI is InChI=1S/C14H23N3O3/c1-13(2)9-17(6-5-14(13,19)10-20-4)12(18)11-7-15-16(3)8-11/h7-8,19H,5-6,9-10H2,1-4H3/t14-/m1/s1. The molecule has 1 amide bonds. The summed E-state index contributed by atoms with van der Waals surface area (Å²) >= 11 is 0. The molecule has 1 fully saturated rings. The van der Waals surface area contributed by atoms with Gasteiger partial charge >= 0.3 is 0 Å². The monoisotopic (exact) mass is 281 g/mol. The van der Waals surface area contributed by atoms with Gasteiger partial charge < -0.3 is 14.7 Å². The highest BCUT2D eigenvalue weighted by atomic mass is 16.5. The van der Waals surface area contributed by atoms with Crippen LogP contribution in [0, 0.1) is 5.41 Å². The van der Waals surface area contributed by atoms with Gasteiger partial charge in [0.05, 0.1) is 24.0 Å². The summed E-state index contributed by atoms with van der Waals surface area (Å²) in [6.07, 6.45) is 3.80. The number of carbonyl (C=O) groups excluding carboxylic acids is 1. The molecule has 0 bridgehead atoms. The van der Waals surface area contributed by atoms with Crippen molar-refractivity contribution in [2.24, 2.45) is 12.5 Å². The number of methoxy groups -OCH3 is 1. The summed E-state index contributed by atoms with van der Waals surface area (Å²) in [5, 5.41) is 14.7. The third kappa shape index (κ3) is 2.58. The van der Waals surface area contributed by atoms with Gasteiger partial charge in [0.2, 0.25) is 0 Å². The van der Waals surface area contributed by atoms with Crippen LogP contribution in [0.15, 0.2) is 12.4 Å². The number of hydrogen-bond donors (Lipinski definition) is 1. The molecule has 1 aromatic rings. The fraction of sp³-hybridized carbons (Fsp3) is 0.714. The Balaban J connectivity index is 2.13. The van der Waals surface area contributed by atoms with Gasteiger partial charge in [0.1, 0.15) is 0 Å². The Kier molecular flexibility index (Phi) is 3.88. The maximum Gasteiger partial charge on any atom is 0.257 e. The molecule has 0 spiro atoms. The van der Waals surface area contributed by atoms with Crippen molar-refractivity contribution >= 4 is 5.91 Å². The predicted molar refractivity (Wildman–Crippen MR) is 74.3 cm³/mol. The highest BCUT2D eigenvalue weighted by Crippen LogP contribution is 2.39. The third-order valence-electron chi connectivity index (χ3n) is 4.26. The lowest BCUT2D eigenvalue weighted by Crippen LogP contribution is -2.60. The molecule has 6 nitrogen and oxygen atoms in total. The van der Waals surface area contributed by atoms with Crippen molar-refractivity contribution in [1.29, 1.82) is 0 Å². The van der Waals surface area contributed by atoms with E-state index in [0.29, 0.717) is 25.1 Å². The molecule has 1 saturated heterocycles. The van der Waals surface area contributed by atoms with Crippen LogP contribution < -0.4 is 0 Å². The van der Waals surface area contributed by atoms with E-state index in [9.17, 15) is 9.90 Å². The van der Waals surface area contributed by atoms with Crippen LogP contribution in [-0.4, -0.2) is 58.1 Å². The van der Waals surface area contributed by atoms with Crippen LogP contribution in [0.4, 0.5) is 0 Å². The highest BCUT2D eigenvalue weighted by molar-refractivity contribution is 5.93. The first kappa shape index (κ1) is 15.0. The molecular formula is C14H23N3O3. The minimum Gasteiger partial charge on any atom is -0.387 e. The largest absolute Gasteiger partial charge is 0.387 e. The lowest BCUT2D eigenvalue weighted by Gasteiger charge is -2.49. The first-order valence-corrected chi connectivity index (χ1v) is 6.78. The Labute approximate surface area is 119 Å². The predicted octanol–water partition coefficient (Wildman–Crippen LogP) is 0.670. The minimum atomic E-state index is -0.895. The van der Waals surface area contributed by atoms with Crippen LogP contribution in [0.2, 0.25) is 0 Å². The van der Waals surface area contributed by atoms with E-state index in [1.807, 2.05) is 13.8 Å². The van der Waals surface area contributed by atoms with Crippen LogP contribution in [0.5, 0.6) is 0 Å². The minimum absolute atomic E-state index is 0.0364. The van der Waals surface area contributed by atoms with E-state index in [1.54, 1.807) is 36.1 Å². The van der Waals surface area contributed by atoms with E-state index in [4.69, 9.17) is 4.74 Å². The zero-order valence-electron chi connectivity index (χ0n) is 12.6. The van der Waals surface area contributed by atoms with Gasteiger partial charge in [0.25, 0.3) is 5.91 Å². The average Bonchev–Trinajstić information content (AvgIpc) is 2.79. The van der Waals surface area contributed by atoms with Crippen molar-refractivity contribution in [1.82, 2.24) is 14.7 Å². The average molecular weight is 281 g/mol. The molecule has 0 aliphatic carbocycles. The van der Waals surface area contributed by atoms with Gasteiger partial charge in [-0.25, -0.2) is 0 Å². The van der Waals surface area contributed by atoms with Crippen molar-refractivity contribution in [3.8, 4) is 0 Å². The van der Waals surface area contributed by atoms with Gasteiger partial charge in [-0.1, -0.05) is 13.8 Å². The molecular weight excluding hydrogens is 258 g/mol. The summed E-state index contributed by atoms with van der Waals surface area (Å²) in [4.78, 5) is 14.2. The number of ether oxygens (including phenoxy) is 1. The summed E-state index contributed by atoms with van der Waals surface area (Å²) < 4.78 is 6.75. The number of likely N-dealkylation sites (tertiary alicyclic amines) is 1. The Hall–Kier alpha value is -1.40. The van der Waals surface area contributed by atoms with Gasteiger partial charge in [0.15, 0.2) is 0 Å². The van der Waals surface area contributed by atoms with Crippen LogP contribution in [0.25, 0.3) is 0 Å². The van der Waals surface area contributed by atoms with Crippen molar-refractivity contribution < 1.29 is 14.6 Å². The van der Waals surface area contributed by atoms with Crippen molar-refractivity contribution in [2.45, 2.75) is 25.9 Å². The summed E-state index contributed by atoms with van der Waals surface area (Å²) in [5.74, 6) is -0.0364. The molecule has 0 radical (unpaired) electrons. The topological polar surface area (TPSA) is 67.6 Å². The number of piperidine rings is 1. The molecule has 0 unspecified atom stereocenters. The number of nitrogens with zero attached hydrogens (tertiary/aromatic N) is 3. The maximum absolute atomic E-state index is 12.4. The number of amides is 1. The van der Waals surface area contributed by atoms with E-state index < -0.39 is 11.0 Å². The Morgan fingerprint density at radius 3 is 2.75 bits per heavy atom. The van der Waals surface area contributed by atoms with Crippen LogP contribution >= 0.6 is 0 Å². The summed E-state index contributed by atoms with van der Waals surface area (Å²) in [6, 6.07) is 0. The summed E-state index contributed by atoms with van der Waals surface area (Å²) in [7, 11) is 3.37. The van der Waals surface area contributed by atoms with E-state index in [-0.39, 0.29) is 12.5 Å². The quantitative estimate of drug-likeness (QED) is 0.884. The molecule has 2 rings (SSSR count). The summed E-state index contributed by atoms with van der Waals surface area (Å²) in [6.45, 7) is 5.25. The zero-order chi connectivity index (χ0) is 15.0.